The molecule has 9 heteroatoms. The van der Waals surface area contributed by atoms with Crippen LogP contribution in [-0.4, -0.2) is 65.9 Å². The zero-order chi connectivity index (χ0) is 18.9. The van der Waals surface area contributed by atoms with Crippen molar-refractivity contribution in [2.24, 2.45) is 0 Å². The fraction of sp³-hybridized carbons (Fsp3) is 0.706. The van der Waals surface area contributed by atoms with E-state index in [4.69, 9.17) is 9.97 Å². The molecule has 1 aromatic heterocycles. The van der Waals surface area contributed by atoms with Crippen molar-refractivity contribution in [3.63, 3.8) is 0 Å². The summed E-state index contributed by atoms with van der Waals surface area (Å²) in [7, 11) is -1.42. The van der Waals surface area contributed by atoms with Crippen LogP contribution < -0.4 is 5.32 Å². The summed E-state index contributed by atoms with van der Waals surface area (Å²) in [6.07, 6.45) is 2.47. The molecule has 0 spiro atoms. The Kier molecular flexibility index (Phi) is 5.47. The number of sulfonamides is 1. The summed E-state index contributed by atoms with van der Waals surface area (Å²) in [5.41, 5.74) is 1.78. The predicted octanol–water partition coefficient (Wildman–Crippen LogP) is 0.952. The number of aromatic nitrogens is 2. The van der Waals surface area contributed by atoms with Gasteiger partial charge in [0.2, 0.25) is 15.9 Å². The highest BCUT2D eigenvalue weighted by Gasteiger charge is 2.31. The number of fused-ring (bicyclic) bond motifs is 1. The summed E-state index contributed by atoms with van der Waals surface area (Å²) in [4.78, 5) is 23.0. The molecule has 0 bridgehead atoms. The van der Waals surface area contributed by atoms with E-state index in [-0.39, 0.29) is 17.6 Å². The van der Waals surface area contributed by atoms with Crippen LogP contribution in [0.25, 0.3) is 0 Å². The molecule has 0 saturated carbocycles. The van der Waals surface area contributed by atoms with E-state index < -0.39 is 10.0 Å². The Hall–Kier alpha value is -1.74. The van der Waals surface area contributed by atoms with Gasteiger partial charge in [0.25, 0.3) is 0 Å². The maximum Gasteiger partial charge on any atom is 0.219 e. The van der Waals surface area contributed by atoms with Gasteiger partial charge in [0.15, 0.2) is 0 Å². The van der Waals surface area contributed by atoms with Gasteiger partial charge >= 0.3 is 0 Å². The molecule has 0 aliphatic carbocycles. The van der Waals surface area contributed by atoms with E-state index in [1.165, 1.54) is 4.31 Å². The zero-order valence-electron chi connectivity index (χ0n) is 15.7. The van der Waals surface area contributed by atoms with Crippen LogP contribution in [0.1, 0.15) is 49.7 Å². The molecule has 0 radical (unpaired) electrons. The molecule has 3 rings (SSSR count). The molecule has 144 valence electrons. The lowest BCUT2D eigenvalue weighted by molar-refractivity contribution is -0.130. The fourth-order valence-electron chi connectivity index (χ4n) is 3.71. The Morgan fingerprint density at radius 2 is 2.08 bits per heavy atom. The van der Waals surface area contributed by atoms with Gasteiger partial charge in [0.1, 0.15) is 11.6 Å². The summed E-state index contributed by atoms with van der Waals surface area (Å²) < 4.78 is 26.0. The largest absolute Gasteiger partial charge is 0.373 e. The highest BCUT2D eigenvalue weighted by Crippen LogP contribution is 2.30. The van der Waals surface area contributed by atoms with Gasteiger partial charge in [0.05, 0.1) is 18.0 Å². The second-order valence-electron chi connectivity index (χ2n) is 6.89. The SMILES string of the molecule is CCS(=O)(=O)N1CCc2c(nc([C@H]3CCCN(C(C)=O)C3)nc2NC)C1. The first-order valence-electron chi connectivity index (χ1n) is 9.16. The normalized spacial score (nSPS) is 21.3. The molecule has 1 fully saturated rings. The lowest BCUT2D eigenvalue weighted by Crippen LogP contribution is -2.39. The van der Waals surface area contributed by atoms with Gasteiger partial charge in [-0.2, -0.15) is 4.31 Å². The monoisotopic (exact) mass is 381 g/mol. The second kappa shape index (κ2) is 7.48. The Bertz CT molecular complexity index is 796. The number of likely N-dealkylation sites (tertiary alicyclic amines) is 1. The minimum absolute atomic E-state index is 0.0710. The van der Waals surface area contributed by atoms with Crippen LogP contribution in [-0.2, 0) is 27.8 Å². The molecule has 1 aromatic rings. The first-order chi connectivity index (χ1) is 12.4. The molecule has 2 aliphatic rings. The minimum Gasteiger partial charge on any atom is -0.373 e. The number of carbonyl (C=O) groups is 1. The molecule has 0 aromatic carbocycles. The van der Waals surface area contributed by atoms with E-state index in [1.54, 1.807) is 13.8 Å². The van der Waals surface area contributed by atoms with Crippen LogP contribution >= 0.6 is 0 Å². The molecule has 0 unspecified atom stereocenters. The van der Waals surface area contributed by atoms with Crippen LogP contribution in [0, 0.1) is 0 Å². The summed E-state index contributed by atoms with van der Waals surface area (Å²) in [5.74, 6) is 1.73. The molecule has 2 aliphatic heterocycles. The predicted molar refractivity (Wildman–Crippen MR) is 99.4 cm³/mol. The van der Waals surface area contributed by atoms with E-state index in [9.17, 15) is 13.2 Å². The van der Waals surface area contributed by atoms with Crippen molar-refractivity contribution in [2.75, 3.05) is 37.8 Å². The lowest BCUT2D eigenvalue weighted by Gasteiger charge is -2.33. The average Bonchev–Trinajstić information content (AvgIpc) is 2.66. The molecule has 1 saturated heterocycles. The summed E-state index contributed by atoms with van der Waals surface area (Å²) >= 11 is 0. The Morgan fingerprint density at radius 3 is 2.73 bits per heavy atom. The third-order valence-corrected chi connectivity index (χ3v) is 7.10. The van der Waals surface area contributed by atoms with Crippen molar-refractivity contribution in [3.8, 4) is 0 Å². The van der Waals surface area contributed by atoms with Gasteiger partial charge < -0.3 is 10.2 Å². The smallest absolute Gasteiger partial charge is 0.219 e. The third-order valence-electron chi connectivity index (χ3n) is 5.27. The van der Waals surface area contributed by atoms with Gasteiger partial charge in [-0.05, 0) is 26.2 Å². The van der Waals surface area contributed by atoms with Crippen molar-refractivity contribution in [1.29, 1.82) is 0 Å². The van der Waals surface area contributed by atoms with Crippen LogP contribution in [0.5, 0.6) is 0 Å². The van der Waals surface area contributed by atoms with Gasteiger partial charge in [-0.3, -0.25) is 4.79 Å². The second-order valence-corrected chi connectivity index (χ2v) is 9.15. The van der Waals surface area contributed by atoms with Crippen molar-refractivity contribution >= 4 is 21.7 Å². The lowest BCUT2D eigenvalue weighted by atomic mass is 9.96. The van der Waals surface area contributed by atoms with Crippen molar-refractivity contribution < 1.29 is 13.2 Å². The van der Waals surface area contributed by atoms with Crippen molar-refractivity contribution in [2.45, 2.75) is 45.6 Å². The molecule has 1 amide bonds. The average molecular weight is 382 g/mol. The van der Waals surface area contributed by atoms with Crippen LogP contribution in [0.4, 0.5) is 5.82 Å². The number of anilines is 1. The summed E-state index contributed by atoms with van der Waals surface area (Å²) in [6.45, 7) is 5.39. The topological polar surface area (TPSA) is 95.5 Å². The van der Waals surface area contributed by atoms with Crippen LogP contribution in [0.15, 0.2) is 0 Å². The molecule has 26 heavy (non-hydrogen) atoms. The van der Waals surface area contributed by atoms with E-state index in [2.05, 4.69) is 5.32 Å². The molecular formula is C17H27N5O3S. The summed E-state index contributed by atoms with van der Waals surface area (Å²) in [6, 6.07) is 0. The van der Waals surface area contributed by atoms with Gasteiger partial charge in [-0.15, -0.1) is 0 Å². The van der Waals surface area contributed by atoms with Crippen molar-refractivity contribution in [3.05, 3.63) is 17.1 Å². The Balaban J connectivity index is 1.92. The minimum atomic E-state index is -3.24. The molecule has 1 atom stereocenters. The summed E-state index contributed by atoms with van der Waals surface area (Å²) in [5, 5.41) is 3.14. The van der Waals surface area contributed by atoms with Crippen molar-refractivity contribution in [1.82, 2.24) is 19.2 Å². The fourth-order valence-corrected chi connectivity index (χ4v) is 4.76. The molecule has 1 N–H and O–H groups in total. The number of nitrogens with one attached hydrogen (secondary N) is 1. The molecule has 3 heterocycles. The number of nitrogens with zero attached hydrogens (tertiary/aromatic N) is 4. The standard InChI is InChI=1S/C17H27N5O3S/c1-4-26(24,25)22-9-7-14-15(11-22)19-16(20-17(14)18-3)13-6-5-8-21(10-13)12(2)23/h13H,4-11H2,1-3H3,(H,18,19,20)/t13-/m0/s1. The number of amides is 1. The van der Waals surface area contributed by atoms with E-state index in [0.29, 0.717) is 31.9 Å². The van der Waals surface area contributed by atoms with Gasteiger partial charge in [0, 0.05) is 45.1 Å². The number of hydrogen-bond donors (Lipinski definition) is 1. The van der Waals surface area contributed by atoms with Crippen LogP contribution in [0.2, 0.25) is 0 Å². The van der Waals surface area contributed by atoms with E-state index >= 15 is 0 Å². The van der Waals surface area contributed by atoms with Gasteiger partial charge in [-0.25, -0.2) is 18.4 Å². The number of hydrogen-bond acceptors (Lipinski definition) is 6. The third kappa shape index (κ3) is 3.68. The maximum absolute atomic E-state index is 12.2. The van der Waals surface area contributed by atoms with Gasteiger partial charge in [-0.1, -0.05) is 0 Å². The van der Waals surface area contributed by atoms with Crippen LogP contribution in [0.3, 0.4) is 0 Å². The molecular weight excluding hydrogens is 354 g/mol. The first kappa shape index (κ1) is 19.0. The van der Waals surface area contributed by atoms with E-state index in [1.807, 2.05) is 11.9 Å². The first-order valence-corrected chi connectivity index (χ1v) is 10.8. The number of carbonyl (C=O) groups excluding carboxylic acids is 1. The number of piperidine rings is 1. The zero-order valence-corrected chi connectivity index (χ0v) is 16.5. The van der Waals surface area contributed by atoms with E-state index in [0.717, 1.165) is 36.5 Å². The quantitative estimate of drug-likeness (QED) is 0.834. The number of rotatable bonds is 4. The Labute approximate surface area is 155 Å². The molecule has 8 nitrogen and oxygen atoms in total. The Morgan fingerprint density at radius 1 is 1.31 bits per heavy atom. The highest BCUT2D eigenvalue weighted by atomic mass is 32.2. The highest BCUT2D eigenvalue weighted by molar-refractivity contribution is 7.89. The maximum atomic E-state index is 12.2.